The maximum absolute atomic E-state index is 12.6. The van der Waals surface area contributed by atoms with E-state index in [1.54, 1.807) is 0 Å². The van der Waals surface area contributed by atoms with Gasteiger partial charge in [0.25, 0.3) is 0 Å². The summed E-state index contributed by atoms with van der Waals surface area (Å²) in [5.41, 5.74) is 6.64. The van der Waals surface area contributed by atoms with Crippen LogP contribution in [0.25, 0.3) is 11.1 Å². The number of ether oxygens (including phenoxy) is 1. The predicted molar refractivity (Wildman–Crippen MR) is 104 cm³/mol. The molecule has 2 aromatic carbocycles. The fraction of sp³-hybridized carbons (Fsp3) is 0.200. The first-order chi connectivity index (χ1) is 12.8. The summed E-state index contributed by atoms with van der Waals surface area (Å²) in [6.45, 7) is 1.22. The molecule has 142 valence electrons. The van der Waals surface area contributed by atoms with Crippen LogP contribution in [0.4, 0.5) is 23.2 Å². The van der Waals surface area contributed by atoms with Crippen molar-refractivity contribution in [1.29, 1.82) is 0 Å². The van der Waals surface area contributed by atoms with Gasteiger partial charge in [-0.05, 0) is 47.5 Å². The van der Waals surface area contributed by atoms with Crippen molar-refractivity contribution in [3.63, 3.8) is 0 Å². The zero-order chi connectivity index (χ0) is 19.4. The van der Waals surface area contributed by atoms with E-state index in [1.807, 2.05) is 43.4 Å². The molecule has 0 fully saturated rings. The van der Waals surface area contributed by atoms with Gasteiger partial charge in [-0.2, -0.15) is 13.2 Å². The van der Waals surface area contributed by atoms with Crippen molar-refractivity contribution < 1.29 is 17.9 Å². The highest BCUT2D eigenvalue weighted by Crippen LogP contribution is 2.31. The lowest BCUT2D eigenvalue weighted by atomic mass is 10.0. The monoisotopic (exact) mass is 392 g/mol. The Balaban J connectivity index is 1.55. The first-order valence-electron chi connectivity index (χ1n) is 8.30. The van der Waals surface area contributed by atoms with E-state index < -0.39 is 11.7 Å². The Hall–Kier alpha value is -2.67. The number of rotatable bonds is 6. The molecule has 2 N–H and O–H groups in total. The molecule has 3 rings (SSSR count). The molecular formula is C20H19F3N2OS. The molecule has 0 radical (unpaired) electrons. The first kappa shape index (κ1) is 19.1. The Bertz CT molecular complexity index is 873. The van der Waals surface area contributed by atoms with Crippen molar-refractivity contribution in [2.24, 2.45) is 0 Å². The van der Waals surface area contributed by atoms with E-state index in [4.69, 9.17) is 10.5 Å². The molecule has 0 spiro atoms. The standard InChI is InChI=1S/C20H19F3N2OS/c1-25(19-11-10-18(24)27-19)12-13-26-17-8-4-15(5-9-17)14-2-6-16(7-3-14)20(21,22)23/h2-11H,12-13,24H2,1H3. The van der Waals surface area contributed by atoms with Crippen molar-refractivity contribution in [3.05, 3.63) is 66.2 Å². The molecule has 0 amide bonds. The number of nitrogens with two attached hydrogens (primary N) is 1. The fourth-order valence-corrected chi connectivity index (χ4v) is 3.31. The summed E-state index contributed by atoms with van der Waals surface area (Å²) in [7, 11) is 1.97. The molecule has 0 aliphatic carbocycles. The Kier molecular flexibility index (Phi) is 5.60. The van der Waals surface area contributed by atoms with Crippen molar-refractivity contribution in [2.45, 2.75) is 6.18 Å². The highest BCUT2D eigenvalue weighted by Gasteiger charge is 2.29. The van der Waals surface area contributed by atoms with E-state index in [9.17, 15) is 13.2 Å². The zero-order valence-electron chi connectivity index (χ0n) is 14.7. The second kappa shape index (κ2) is 7.92. The number of alkyl halides is 3. The van der Waals surface area contributed by atoms with Gasteiger partial charge in [0, 0.05) is 7.05 Å². The average molecular weight is 392 g/mol. The Morgan fingerprint density at radius 1 is 0.926 bits per heavy atom. The van der Waals surface area contributed by atoms with Crippen LogP contribution in [0.1, 0.15) is 5.56 Å². The van der Waals surface area contributed by atoms with E-state index in [0.29, 0.717) is 18.9 Å². The lowest BCUT2D eigenvalue weighted by Crippen LogP contribution is -2.22. The topological polar surface area (TPSA) is 38.5 Å². The molecule has 0 atom stereocenters. The molecule has 0 aliphatic heterocycles. The van der Waals surface area contributed by atoms with Gasteiger partial charge in [-0.25, -0.2) is 0 Å². The molecule has 1 aromatic heterocycles. The smallest absolute Gasteiger partial charge is 0.416 e. The number of hydrogen-bond donors (Lipinski definition) is 1. The zero-order valence-corrected chi connectivity index (χ0v) is 15.5. The summed E-state index contributed by atoms with van der Waals surface area (Å²) < 4.78 is 43.6. The number of thiophene rings is 1. The minimum absolute atomic E-state index is 0.508. The molecule has 27 heavy (non-hydrogen) atoms. The van der Waals surface area contributed by atoms with Gasteiger partial charge in [0.05, 0.1) is 22.1 Å². The van der Waals surface area contributed by atoms with E-state index in [2.05, 4.69) is 4.90 Å². The number of nitrogen functional groups attached to an aromatic ring is 1. The number of anilines is 2. The normalized spacial score (nSPS) is 11.4. The molecule has 3 nitrogen and oxygen atoms in total. The highest BCUT2D eigenvalue weighted by molar-refractivity contribution is 7.19. The summed E-state index contributed by atoms with van der Waals surface area (Å²) in [6.07, 6.45) is -4.32. The molecule has 0 saturated heterocycles. The Morgan fingerprint density at radius 2 is 1.52 bits per heavy atom. The second-order valence-corrected chi connectivity index (χ2v) is 7.14. The molecule has 1 heterocycles. The van der Waals surface area contributed by atoms with Crippen LogP contribution in [-0.4, -0.2) is 20.2 Å². The van der Waals surface area contributed by atoms with Gasteiger partial charge >= 0.3 is 6.18 Å². The minimum Gasteiger partial charge on any atom is -0.492 e. The van der Waals surface area contributed by atoms with Gasteiger partial charge in [0.15, 0.2) is 0 Å². The Morgan fingerprint density at radius 3 is 2.04 bits per heavy atom. The predicted octanol–water partition coefficient (Wildman–Crippen LogP) is 5.53. The summed E-state index contributed by atoms with van der Waals surface area (Å²) >= 11 is 1.52. The van der Waals surface area contributed by atoms with Crippen LogP contribution in [0.5, 0.6) is 5.75 Å². The molecule has 0 aliphatic rings. The van der Waals surface area contributed by atoms with Gasteiger partial charge in [-0.1, -0.05) is 24.3 Å². The number of halogens is 3. The largest absolute Gasteiger partial charge is 0.492 e. The van der Waals surface area contributed by atoms with Crippen LogP contribution in [0, 0.1) is 0 Å². The Labute approximate surface area is 159 Å². The lowest BCUT2D eigenvalue weighted by Gasteiger charge is -2.17. The van der Waals surface area contributed by atoms with Crippen molar-refractivity contribution in [3.8, 4) is 16.9 Å². The summed E-state index contributed by atoms with van der Waals surface area (Å²) in [5, 5.41) is 1.85. The van der Waals surface area contributed by atoms with Crippen LogP contribution in [0.15, 0.2) is 60.7 Å². The quantitative estimate of drug-likeness (QED) is 0.599. The van der Waals surface area contributed by atoms with E-state index in [-0.39, 0.29) is 0 Å². The van der Waals surface area contributed by atoms with Crippen molar-refractivity contribution in [2.75, 3.05) is 30.8 Å². The van der Waals surface area contributed by atoms with Gasteiger partial charge in [-0.15, -0.1) is 11.3 Å². The third kappa shape index (κ3) is 4.95. The average Bonchev–Trinajstić information content (AvgIpc) is 3.08. The maximum atomic E-state index is 12.6. The van der Waals surface area contributed by atoms with Crippen molar-refractivity contribution in [1.82, 2.24) is 0 Å². The third-order valence-corrected chi connectivity index (χ3v) is 5.11. The minimum atomic E-state index is -4.32. The third-order valence-electron chi connectivity index (χ3n) is 4.08. The van der Waals surface area contributed by atoms with Crippen LogP contribution < -0.4 is 15.4 Å². The van der Waals surface area contributed by atoms with Crippen LogP contribution in [-0.2, 0) is 6.18 Å². The summed E-state index contributed by atoms with van der Waals surface area (Å²) in [6, 6.07) is 16.3. The first-order valence-corrected chi connectivity index (χ1v) is 9.11. The molecule has 3 aromatic rings. The van der Waals surface area contributed by atoms with Gasteiger partial charge in [-0.3, -0.25) is 0 Å². The van der Waals surface area contributed by atoms with Gasteiger partial charge in [0.1, 0.15) is 12.4 Å². The molecule has 0 unspecified atom stereocenters. The number of benzene rings is 2. The fourth-order valence-electron chi connectivity index (χ4n) is 2.55. The molecular weight excluding hydrogens is 373 g/mol. The SMILES string of the molecule is CN(CCOc1ccc(-c2ccc(C(F)(F)F)cc2)cc1)c1ccc(N)s1. The highest BCUT2D eigenvalue weighted by atomic mass is 32.1. The van der Waals surface area contributed by atoms with Gasteiger partial charge in [0.2, 0.25) is 0 Å². The lowest BCUT2D eigenvalue weighted by molar-refractivity contribution is -0.137. The summed E-state index contributed by atoms with van der Waals surface area (Å²) in [5.74, 6) is 0.713. The number of nitrogens with zero attached hydrogens (tertiary/aromatic N) is 1. The van der Waals surface area contributed by atoms with E-state index in [1.165, 1.54) is 23.5 Å². The van der Waals surface area contributed by atoms with E-state index >= 15 is 0 Å². The number of hydrogen-bond acceptors (Lipinski definition) is 4. The summed E-state index contributed by atoms with van der Waals surface area (Å²) in [4.78, 5) is 2.07. The maximum Gasteiger partial charge on any atom is 0.416 e. The second-order valence-electron chi connectivity index (χ2n) is 6.05. The van der Waals surface area contributed by atoms with Crippen molar-refractivity contribution >= 4 is 21.3 Å². The number of likely N-dealkylation sites (N-methyl/N-ethyl adjacent to an activating group) is 1. The van der Waals surface area contributed by atoms with Gasteiger partial charge < -0.3 is 15.4 Å². The molecule has 0 saturated carbocycles. The molecule has 0 bridgehead atoms. The van der Waals surface area contributed by atoms with E-state index in [0.717, 1.165) is 33.3 Å². The van der Waals surface area contributed by atoms with Crippen LogP contribution >= 0.6 is 11.3 Å². The van der Waals surface area contributed by atoms with Crippen LogP contribution in [0.3, 0.4) is 0 Å². The molecule has 7 heteroatoms. The van der Waals surface area contributed by atoms with Crippen LogP contribution in [0.2, 0.25) is 0 Å².